The Morgan fingerprint density at radius 3 is 2.40 bits per heavy atom. The lowest BCUT2D eigenvalue weighted by molar-refractivity contribution is 0.176. The Hall–Kier alpha value is -3.82. The number of amides is 2. The quantitative estimate of drug-likeness (QED) is 0.199. The van der Waals surface area contributed by atoms with Gasteiger partial charge in [0.15, 0.2) is 5.82 Å². The van der Waals surface area contributed by atoms with Crippen molar-refractivity contribution in [2.24, 2.45) is 0 Å². The smallest absolute Gasteiger partial charge is 0.322 e. The maximum absolute atomic E-state index is 13.7. The van der Waals surface area contributed by atoms with Crippen molar-refractivity contribution in [3.8, 4) is 0 Å². The number of allylic oxidation sites excluding steroid dienone is 2. The van der Waals surface area contributed by atoms with Crippen LogP contribution in [-0.4, -0.2) is 31.8 Å². The fourth-order valence-electron chi connectivity index (χ4n) is 4.92. The van der Waals surface area contributed by atoms with Crippen LogP contribution in [0.3, 0.4) is 0 Å². The van der Waals surface area contributed by atoms with Gasteiger partial charge in [0.2, 0.25) is 0 Å². The molecule has 1 heterocycles. The second kappa shape index (κ2) is 13.0. The molecule has 0 spiro atoms. The van der Waals surface area contributed by atoms with Gasteiger partial charge in [0.1, 0.15) is 0 Å². The molecular formula is C31H33BrN6O2. The molecule has 3 N–H and O–H groups in total. The number of hydrogen-bond donors (Lipinski definition) is 3. The van der Waals surface area contributed by atoms with Crippen molar-refractivity contribution in [1.82, 2.24) is 25.9 Å². The number of halogens is 1. The monoisotopic (exact) mass is 600 g/mol. The van der Waals surface area contributed by atoms with Gasteiger partial charge in [-0.3, -0.25) is 4.90 Å². The van der Waals surface area contributed by atoms with E-state index >= 15 is 0 Å². The second-order valence-corrected chi connectivity index (χ2v) is 11.0. The number of nitrogens with zero attached hydrogens (tertiary/aromatic N) is 4. The number of H-pyrrole nitrogens is 1. The molecule has 2 amide bonds. The lowest BCUT2D eigenvalue weighted by Gasteiger charge is -2.26. The van der Waals surface area contributed by atoms with Crippen LogP contribution < -0.4 is 10.2 Å². The summed E-state index contributed by atoms with van der Waals surface area (Å²) in [5.74, 6) is 0.451. The summed E-state index contributed by atoms with van der Waals surface area (Å²) in [5.41, 5.74) is 6.14. The van der Waals surface area contributed by atoms with Crippen LogP contribution in [0.4, 0.5) is 10.5 Å². The molecule has 9 heteroatoms. The van der Waals surface area contributed by atoms with Crippen LogP contribution in [0.1, 0.15) is 72.8 Å². The Balaban J connectivity index is 1.35. The number of aliphatic hydroxyl groups excluding tert-OH is 1. The van der Waals surface area contributed by atoms with Crippen molar-refractivity contribution >= 4 is 33.2 Å². The second-order valence-electron chi connectivity index (χ2n) is 10.1. The van der Waals surface area contributed by atoms with Gasteiger partial charge in [0, 0.05) is 16.6 Å². The number of aliphatic hydroxyl groups is 1. The molecule has 0 fully saturated rings. The van der Waals surface area contributed by atoms with Gasteiger partial charge in [-0.25, -0.2) is 4.79 Å². The number of tetrazole rings is 1. The van der Waals surface area contributed by atoms with E-state index in [-0.39, 0.29) is 18.5 Å². The molecule has 0 radical (unpaired) electrons. The summed E-state index contributed by atoms with van der Waals surface area (Å²) in [6.45, 7) is 2.36. The molecule has 2 atom stereocenters. The van der Waals surface area contributed by atoms with Gasteiger partial charge in [-0.1, -0.05) is 75.8 Å². The molecule has 0 saturated carbocycles. The highest BCUT2D eigenvalue weighted by molar-refractivity contribution is 9.10. The minimum absolute atomic E-state index is 0.169. The number of rotatable bonds is 9. The van der Waals surface area contributed by atoms with Crippen molar-refractivity contribution in [3.63, 3.8) is 0 Å². The van der Waals surface area contributed by atoms with Crippen LogP contribution in [0.2, 0.25) is 0 Å². The Morgan fingerprint density at radius 2 is 1.75 bits per heavy atom. The van der Waals surface area contributed by atoms with E-state index in [0.29, 0.717) is 12.4 Å². The third kappa shape index (κ3) is 7.03. The number of aromatic amines is 1. The number of carbonyl (C=O) groups is 1. The first-order valence-corrected chi connectivity index (χ1v) is 14.4. The standard InChI is InChI=1S/C31H33BrN6O2/c1-21(23-11-15-27(32)16-12-23)33-31(40)38(28-17-13-25(14-18-28)24-5-3-2-4-6-24)20-22-7-9-26(10-8-22)29(39)19-30-34-36-37-35-30/h5,7-18,21,29,39H,2-4,6,19-20H2,1H3,(H,33,40)(H,34,35,36,37)/t21-,29+/m1/s1. The highest BCUT2D eigenvalue weighted by Crippen LogP contribution is 2.29. The fraction of sp³-hybridized carbons (Fsp3) is 0.290. The summed E-state index contributed by atoms with van der Waals surface area (Å²) in [6, 6.07) is 23.5. The van der Waals surface area contributed by atoms with E-state index in [1.165, 1.54) is 24.0 Å². The third-order valence-corrected chi connectivity index (χ3v) is 7.79. The number of nitrogens with one attached hydrogen (secondary N) is 2. The zero-order valence-electron chi connectivity index (χ0n) is 22.4. The molecule has 1 aromatic heterocycles. The lowest BCUT2D eigenvalue weighted by atomic mass is 9.93. The zero-order chi connectivity index (χ0) is 27.9. The predicted molar refractivity (Wildman–Crippen MR) is 159 cm³/mol. The largest absolute Gasteiger partial charge is 0.388 e. The van der Waals surface area contributed by atoms with E-state index in [1.807, 2.05) is 67.6 Å². The van der Waals surface area contributed by atoms with Crippen molar-refractivity contribution < 1.29 is 9.90 Å². The molecule has 0 aliphatic heterocycles. The molecule has 0 unspecified atom stereocenters. The summed E-state index contributed by atoms with van der Waals surface area (Å²) < 4.78 is 0.996. The van der Waals surface area contributed by atoms with Crippen LogP contribution in [0.25, 0.3) is 5.57 Å². The molecule has 0 bridgehead atoms. The van der Waals surface area contributed by atoms with Crippen molar-refractivity contribution in [2.75, 3.05) is 4.90 Å². The highest BCUT2D eigenvalue weighted by atomic mass is 79.9. The van der Waals surface area contributed by atoms with Gasteiger partial charge in [0.05, 0.1) is 18.7 Å². The van der Waals surface area contributed by atoms with Gasteiger partial charge in [-0.15, -0.1) is 10.2 Å². The number of hydrogen-bond acceptors (Lipinski definition) is 5. The average molecular weight is 602 g/mol. The van der Waals surface area contributed by atoms with E-state index in [2.05, 4.69) is 60.1 Å². The molecule has 40 heavy (non-hydrogen) atoms. The van der Waals surface area contributed by atoms with Crippen LogP contribution in [0.5, 0.6) is 0 Å². The Labute approximate surface area is 242 Å². The van der Waals surface area contributed by atoms with Gasteiger partial charge >= 0.3 is 6.03 Å². The van der Waals surface area contributed by atoms with Gasteiger partial charge in [-0.2, -0.15) is 5.21 Å². The first kappa shape index (κ1) is 27.7. The summed E-state index contributed by atoms with van der Waals surface area (Å²) in [7, 11) is 0. The third-order valence-electron chi connectivity index (χ3n) is 7.27. The summed E-state index contributed by atoms with van der Waals surface area (Å²) in [6.07, 6.45) is 6.53. The van der Waals surface area contributed by atoms with Crippen molar-refractivity contribution in [3.05, 3.63) is 111 Å². The number of benzene rings is 3. The zero-order valence-corrected chi connectivity index (χ0v) is 24.0. The molecule has 5 rings (SSSR count). The number of carbonyl (C=O) groups excluding carboxylic acids is 1. The van der Waals surface area contributed by atoms with Crippen LogP contribution in [-0.2, 0) is 13.0 Å². The molecule has 8 nitrogen and oxygen atoms in total. The van der Waals surface area contributed by atoms with E-state index < -0.39 is 6.10 Å². The van der Waals surface area contributed by atoms with Gasteiger partial charge in [0.25, 0.3) is 0 Å². The average Bonchev–Trinajstić information content (AvgIpc) is 3.50. The molecule has 3 aromatic carbocycles. The minimum Gasteiger partial charge on any atom is -0.388 e. The SMILES string of the molecule is C[C@@H](NC(=O)N(Cc1ccc([C@@H](O)Cc2nn[nH]n2)cc1)c1ccc(C2=CCCCC2)cc1)c1ccc(Br)cc1. The minimum atomic E-state index is -0.751. The maximum atomic E-state index is 13.7. The number of urea groups is 1. The molecule has 206 valence electrons. The normalized spacial score (nSPS) is 14.7. The first-order chi connectivity index (χ1) is 19.5. The molecule has 1 aliphatic rings. The summed E-state index contributed by atoms with van der Waals surface area (Å²) in [5, 5.41) is 27.5. The van der Waals surface area contributed by atoms with E-state index in [1.54, 1.807) is 4.90 Å². The van der Waals surface area contributed by atoms with Crippen LogP contribution in [0.15, 0.2) is 83.3 Å². The van der Waals surface area contributed by atoms with Crippen LogP contribution >= 0.6 is 15.9 Å². The van der Waals surface area contributed by atoms with E-state index in [9.17, 15) is 9.90 Å². The molecular weight excluding hydrogens is 568 g/mol. The van der Waals surface area contributed by atoms with E-state index in [4.69, 9.17) is 0 Å². The maximum Gasteiger partial charge on any atom is 0.322 e. The topological polar surface area (TPSA) is 107 Å². The molecule has 0 saturated heterocycles. The van der Waals surface area contributed by atoms with Crippen molar-refractivity contribution in [1.29, 1.82) is 0 Å². The van der Waals surface area contributed by atoms with Crippen molar-refractivity contribution in [2.45, 2.75) is 57.7 Å². The van der Waals surface area contributed by atoms with Gasteiger partial charge in [-0.05, 0) is 84.7 Å². The summed E-state index contributed by atoms with van der Waals surface area (Å²) >= 11 is 3.47. The first-order valence-electron chi connectivity index (χ1n) is 13.6. The Bertz CT molecular complexity index is 1420. The molecule has 4 aromatic rings. The summed E-state index contributed by atoms with van der Waals surface area (Å²) in [4.78, 5) is 15.4. The fourth-order valence-corrected chi connectivity index (χ4v) is 5.19. The van der Waals surface area contributed by atoms with Crippen LogP contribution in [0, 0.1) is 0 Å². The van der Waals surface area contributed by atoms with E-state index in [0.717, 1.165) is 39.7 Å². The number of anilines is 1. The number of aromatic nitrogens is 4. The highest BCUT2D eigenvalue weighted by Gasteiger charge is 2.20. The Morgan fingerprint density at radius 1 is 1.02 bits per heavy atom. The Kier molecular flexibility index (Phi) is 9.03. The predicted octanol–water partition coefficient (Wildman–Crippen LogP) is 6.67. The van der Waals surface area contributed by atoms with Gasteiger partial charge < -0.3 is 10.4 Å². The molecule has 1 aliphatic carbocycles. The lowest BCUT2D eigenvalue weighted by Crippen LogP contribution is -2.40.